The summed E-state index contributed by atoms with van der Waals surface area (Å²) >= 11 is 0. The Morgan fingerprint density at radius 2 is 1.75 bits per heavy atom. The topological polar surface area (TPSA) is 41.5 Å². The van der Waals surface area contributed by atoms with Gasteiger partial charge in [-0.05, 0) is 48.8 Å². The lowest BCUT2D eigenvalue weighted by Gasteiger charge is -2.32. The summed E-state index contributed by atoms with van der Waals surface area (Å²) in [5, 5.41) is 13.8. The number of benzene rings is 1. The van der Waals surface area contributed by atoms with E-state index in [1.807, 2.05) is 24.3 Å². The lowest BCUT2D eigenvalue weighted by atomic mass is 9.80. The van der Waals surface area contributed by atoms with Gasteiger partial charge in [-0.15, -0.1) is 0 Å². The van der Waals surface area contributed by atoms with E-state index in [1.165, 1.54) is 19.3 Å². The molecule has 0 amide bonds. The average Bonchev–Trinajstić information content (AvgIpc) is 2.44. The Bertz CT molecular complexity index is 394. The van der Waals surface area contributed by atoms with E-state index >= 15 is 0 Å². The summed E-state index contributed by atoms with van der Waals surface area (Å²) < 4.78 is 5.13. The van der Waals surface area contributed by atoms with Crippen molar-refractivity contribution in [3.05, 3.63) is 29.8 Å². The first-order valence-corrected chi connectivity index (χ1v) is 7.64. The zero-order valence-corrected chi connectivity index (χ0v) is 12.8. The highest BCUT2D eigenvalue weighted by Crippen LogP contribution is 2.28. The molecule has 1 saturated carbocycles. The van der Waals surface area contributed by atoms with E-state index in [4.69, 9.17) is 4.74 Å². The highest BCUT2D eigenvalue weighted by molar-refractivity contribution is 5.28. The summed E-state index contributed by atoms with van der Waals surface area (Å²) in [7, 11) is 1.65. The Hall–Kier alpha value is -1.06. The van der Waals surface area contributed by atoms with Crippen molar-refractivity contribution in [1.29, 1.82) is 0 Å². The molecule has 0 bridgehead atoms. The first-order chi connectivity index (χ1) is 9.58. The van der Waals surface area contributed by atoms with Crippen LogP contribution in [-0.4, -0.2) is 24.8 Å². The molecule has 0 heterocycles. The van der Waals surface area contributed by atoms with Gasteiger partial charge in [0.15, 0.2) is 0 Å². The first-order valence-electron chi connectivity index (χ1n) is 7.64. The van der Waals surface area contributed by atoms with Crippen molar-refractivity contribution < 1.29 is 9.84 Å². The van der Waals surface area contributed by atoms with E-state index < -0.39 is 6.10 Å². The lowest BCUT2D eigenvalue weighted by molar-refractivity contribution is 0.155. The third kappa shape index (κ3) is 4.22. The van der Waals surface area contributed by atoms with Crippen molar-refractivity contribution in [3.8, 4) is 5.75 Å². The van der Waals surface area contributed by atoms with E-state index in [0.29, 0.717) is 12.6 Å². The molecule has 3 nitrogen and oxygen atoms in total. The van der Waals surface area contributed by atoms with Crippen molar-refractivity contribution in [2.75, 3.05) is 13.7 Å². The van der Waals surface area contributed by atoms with Gasteiger partial charge in [-0.1, -0.05) is 26.0 Å². The second-order valence-electron chi connectivity index (χ2n) is 6.31. The van der Waals surface area contributed by atoms with Gasteiger partial charge in [-0.2, -0.15) is 0 Å². The minimum atomic E-state index is -0.451. The standard InChI is InChI=1S/C17H27NO2/c1-12-8-13(2)10-15(9-12)18-11-17(19)14-4-6-16(20-3)7-5-14/h4-7,12-13,15,17-19H,8-11H2,1-3H3. The number of rotatable bonds is 5. The third-order valence-electron chi connectivity index (χ3n) is 4.28. The van der Waals surface area contributed by atoms with E-state index in [9.17, 15) is 5.11 Å². The fourth-order valence-corrected chi connectivity index (χ4v) is 3.34. The molecule has 1 aliphatic carbocycles. The monoisotopic (exact) mass is 277 g/mol. The fraction of sp³-hybridized carbons (Fsp3) is 0.647. The Kier molecular flexibility index (Phi) is 5.44. The van der Waals surface area contributed by atoms with E-state index in [0.717, 1.165) is 23.1 Å². The van der Waals surface area contributed by atoms with Crippen LogP contribution in [0.4, 0.5) is 0 Å². The van der Waals surface area contributed by atoms with Crippen LogP contribution in [0.1, 0.15) is 44.8 Å². The Morgan fingerprint density at radius 3 is 2.30 bits per heavy atom. The number of hydrogen-bond acceptors (Lipinski definition) is 3. The van der Waals surface area contributed by atoms with Crippen molar-refractivity contribution in [1.82, 2.24) is 5.32 Å². The summed E-state index contributed by atoms with van der Waals surface area (Å²) in [5.41, 5.74) is 0.940. The number of ether oxygens (including phenoxy) is 1. The van der Waals surface area contributed by atoms with Crippen LogP contribution < -0.4 is 10.1 Å². The molecule has 1 fully saturated rings. The van der Waals surface area contributed by atoms with Crippen molar-refractivity contribution >= 4 is 0 Å². The van der Waals surface area contributed by atoms with Crippen molar-refractivity contribution in [2.24, 2.45) is 11.8 Å². The van der Waals surface area contributed by atoms with Gasteiger partial charge >= 0.3 is 0 Å². The van der Waals surface area contributed by atoms with Gasteiger partial charge in [0.1, 0.15) is 5.75 Å². The van der Waals surface area contributed by atoms with Crippen molar-refractivity contribution in [3.63, 3.8) is 0 Å². The second kappa shape index (κ2) is 7.09. The SMILES string of the molecule is COc1ccc(C(O)CNC2CC(C)CC(C)C2)cc1. The number of nitrogens with one attached hydrogen (secondary N) is 1. The zero-order valence-electron chi connectivity index (χ0n) is 12.8. The number of aliphatic hydroxyl groups is 1. The average molecular weight is 277 g/mol. The van der Waals surface area contributed by atoms with Gasteiger partial charge in [-0.25, -0.2) is 0 Å². The normalized spacial score (nSPS) is 28.1. The van der Waals surface area contributed by atoms with Crippen LogP contribution in [0.15, 0.2) is 24.3 Å². The molecule has 1 aromatic rings. The highest BCUT2D eigenvalue weighted by Gasteiger charge is 2.24. The fourth-order valence-electron chi connectivity index (χ4n) is 3.34. The molecule has 2 rings (SSSR count). The van der Waals surface area contributed by atoms with Gasteiger partial charge in [0.05, 0.1) is 13.2 Å². The molecule has 20 heavy (non-hydrogen) atoms. The van der Waals surface area contributed by atoms with Gasteiger partial charge in [0.25, 0.3) is 0 Å². The molecular formula is C17H27NO2. The summed E-state index contributed by atoms with van der Waals surface area (Å²) in [4.78, 5) is 0. The lowest BCUT2D eigenvalue weighted by Crippen LogP contribution is -2.38. The van der Waals surface area contributed by atoms with Gasteiger partial charge < -0.3 is 15.2 Å². The minimum Gasteiger partial charge on any atom is -0.497 e. The summed E-state index contributed by atoms with van der Waals surface area (Å²) in [6.07, 6.45) is 3.33. The maximum Gasteiger partial charge on any atom is 0.118 e. The molecule has 1 aliphatic rings. The number of aliphatic hydroxyl groups excluding tert-OH is 1. The van der Waals surface area contributed by atoms with Crippen LogP contribution in [0.2, 0.25) is 0 Å². The van der Waals surface area contributed by atoms with Gasteiger partial charge in [-0.3, -0.25) is 0 Å². The van der Waals surface area contributed by atoms with Crippen LogP contribution >= 0.6 is 0 Å². The molecule has 112 valence electrons. The van der Waals surface area contributed by atoms with Crippen LogP contribution in [0.3, 0.4) is 0 Å². The molecule has 0 radical (unpaired) electrons. The Labute approximate surface area is 122 Å². The highest BCUT2D eigenvalue weighted by atomic mass is 16.5. The second-order valence-corrected chi connectivity index (χ2v) is 6.31. The Balaban J connectivity index is 1.83. The molecule has 0 spiro atoms. The quantitative estimate of drug-likeness (QED) is 0.869. The first kappa shape index (κ1) is 15.3. The maximum absolute atomic E-state index is 10.2. The summed E-state index contributed by atoms with van der Waals surface area (Å²) in [6.45, 7) is 5.27. The predicted octanol–water partition coefficient (Wildman–Crippen LogP) is 3.14. The van der Waals surface area contributed by atoms with Crippen LogP contribution in [0, 0.1) is 11.8 Å². The number of hydrogen-bond donors (Lipinski definition) is 2. The molecule has 3 unspecified atom stereocenters. The molecule has 1 aromatic carbocycles. The molecular weight excluding hydrogens is 250 g/mol. The Morgan fingerprint density at radius 1 is 1.15 bits per heavy atom. The van der Waals surface area contributed by atoms with Gasteiger partial charge in [0.2, 0.25) is 0 Å². The predicted molar refractivity (Wildman–Crippen MR) is 81.9 cm³/mol. The molecule has 3 heteroatoms. The molecule has 0 saturated heterocycles. The van der Waals surface area contributed by atoms with E-state index in [2.05, 4.69) is 19.2 Å². The molecule has 3 atom stereocenters. The van der Waals surface area contributed by atoms with Crippen LogP contribution in [0.5, 0.6) is 5.75 Å². The van der Waals surface area contributed by atoms with Crippen LogP contribution in [-0.2, 0) is 0 Å². The smallest absolute Gasteiger partial charge is 0.118 e. The summed E-state index contributed by atoms with van der Waals surface area (Å²) in [6, 6.07) is 8.18. The van der Waals surface area contributed by atoms with E-state index in [-0.39, 0.29) is 0 Å². The largest absolute Gasteiger partial charge is 0.497 e. The molecule has 2 N–H and O–H groups in total. The molecule has 0 aliphatic heterocycles. The molecule has 0 aromatic heterocycles. The van der Waals surface area contributed by atoms with Gasteiger partial charge in [0, 0.05) is 12.6 Å². The summed E-state index contributed by atoms with van der Waals surface area (Å²) in [5.74, 6) is 2.40. The minimum absolute atomic E-state index is 0.451. The maximum atomic E-state index is 10.2. The van der Waals surface area contributed by atoms with Crippen molar-refractivity contribution in [2.45, 2.75) is 45.3 Å². The zero-order chi connectivity index (χ0) is 14.5. The number of methoxy groups -OCH3 is 1. The third-order valence-corrected chi connectivity index (χ3v) is 4.28. The van der Waals surface area contributed by atoms with E-state index in [1.54, 1.807) is 7.11 Å². The van der Waals surface area contributed by atoms with Crippen LogP contribution in [0.25, 0.3) is 0 Å².